The molecule has 0 spiro atoms. The number of methoxy groups -OCH3 is 2. The van der Waals surface area contributed by atoms with E-state index in [0.717, 1.165) is 5.56 Å². The Hall–Kier alpha value is -4.30. The van der Waals surface area contributed by atoms with Gasteiger partial charge >= 0.3 is 0 Å². The molecule has 40 heavy (non-hydrogen) atoms. The van der Waals surface area contributed by atoms with Gasteiger partial charge in [0, 0.05) is 25.8 Å². The zero-order chi connectivity index (χ0) is 28.6. The third-order valence-corrected chi connectivity index (χ3v) is 6.79. The number of hydrogen-bond donors (Lipinski definition) is 1. The van der Waals surface area contributed by atoms with Gasteiger partial charge in [0.2, 0.25) is 0 Å². The van der Waals surface area contributed by atoms with E-state index in [1.807, 2.05) is 50.2 Å². The second kappa shape index (κ2) is 13.2. The summed E-state index contributed by atoms with van der Waals surface area (Å²) in [6.07, 6.45) is 0.528. The van der Waals surface area contributed by atoms with E-state index in [0.29, 0.717) is 60.2 Å². The number of nitrogens with zero attached hydrogens (tertiary/aromatic N) is 1. The van der Waals surface area contributed by atoms with Gasteiger partial charge in [-0.3, -0.25) is 9.59 Å². The number of amides is 1. The first-order chi connectivity index (χ1) is 19.4. The van der Waals surface area contributed by atoms with E-state index in [1.165, 1.54) is 12.0 Å². The summed E-state index contributed by atoms with van der Waals surface area (Å²) < 4.78 is 22.3. The van der Waals surface area contributed by atoms with Gasteiger partial charge in [-0.05, 0) is 67.3 Å². The molecule has 1 aliphatic rings. The minimum absolute atomic E-state index is 0.0229. The summed E-state index contributed by atoms with van der Waals surface area (Å²) in [7, 11) is 3.11. The third-order valence-electron chi connectivity index (χ3n) is 6.79. The lowest BCUT2D eigenvalue weighted by atomic mass is 9.93. The lowest BCUT2D eigenvalue weighted by Gasteiger charge is -2.26. The maximum atomic E-state index is 13.4. The Labute approximate surface area is 234 Å². The first kappa shape index (κ1) is 28.7. The first-order valence-corrected chi connectivity index (χ1v) is 13.2. The van der Waals surface area contributed by atoms with Crippen molar-refractivity contribution in [2.75, 3.05) is 34.0 Å². The molecule has 3 aromatic rings. The number of carbonyl (C=O) groups excluding carboxylic acids is 2. The second-order valence-electron chi connectivity index (χ2n) is 9.43. The number of aliphatic hydroxyl groups excluding tert-OH is 1. The van der Waals surface area contributed by atoms with Crippen LogP contribution in [0.1, 0.15) is 41.6 Å². The summed E-state index contributed by atoms with van der Waals surface area (Å²) in [5.41, 5.74) is 2.83. The number of rotatable bonds is 12. The molecule has 1 amide bonds. The highest BCUT2D eigenvalue weighted by molar-refractivity contribution is 6.46. The van der Waals surface area contributed by atoms with Crippen molar-refractivity contribution in [1.82, 2.24) is 4.90 Å². The second-order valence-corrected chi connectivity index (χ2v) is 9.43. The fourth-order valence-electron chi connectivity index (χ4n) is 4.84. The zero-order valence-corrected chi connectivity index (χ0v) is 23.3. The van der Waals surface area contributed by atoms with Crippen LogP contribution in [0.5, 0.6) is 17.2 Å². The molecule has 0 bridgehead atoms. The van der Waals surface area contributed by atoms with E-state index in [9.17, 15) is 14.7 Å². The molecule has 8 heteroatoms. The molecule has 210 valence electrons. The Morgan fingerprint density at radius 1 is 0.950 bits per heavy atom. The van der Waals surface area contributed by atoms with Crippen molar-refractivity contribution in [3.8, 4) is 17.2 Å². The summed E-state index contributed by atoms with van der Waals surface area (Å²) in [6.45, 7) is 5.26. The fourth-order valence-corrected chi connectivity index (χ4v) is 4.84. The molecule has 1 fully saturated rings. The predicted octanol–water partition coefficient (Wildman–Crippen LogP) is 5.44. The number of ketones is 1. The van der Waals surface area contributed by atoms with Crippen LogP contribution in [-0.2, 0) is 20.9 Å². The van der Waals surface area contributed by atoms with Crippen molar-refractivity contribution in [1.29, 1.82) is 0 Å². The Morgan fingerprint density at radius 2 is 1.73 bits per heavy atom. The molecular weight excluding hydrogens is 510 g/mol. The Bertz CT molecular complexity index is 1380. The smallest absolute Gasteiger partial charge is 0.295 e. The van der Waals surface area contributed by atoms with Crippen LogP contribution in [0.3, 0.4) is 0 Å². The highest BCUT2D eigenvalue weighted by Gasteiger charge is 2.46. The van der Waals surface area contributed by atoms with Gasteiger partial charge in [0.15, 0.2) is 11.5 Å². The highest BCUT2D eigenvalue weighted by atomic mass is 16.5. The maximum absolute atomic E-state index is 13.4. The van der Waals surface area contributed by atoms with Crippen molar-refractivity contribution in [3.05, 3.63) is 94.6 Å². The van der Waals surface area contributed by atoms with Crippen LogP contribution in [0.25, 0.3) is 5.76 Å². The molecule has 8 nitrogen and oxygen atoms in total. The number of likely N-dealkylation sites (tertiary alicyclic amines) is 1. The van der Waals surface area contributed by atoms with Gasteiger partial charge < -0.3 is 29.0 Å². The van der Waals surface area contributed by atoms with Gasteiger partial charge in [0.05, 0.1) is 25.3 Å². The Balaban J connectivity index is 1.73. The molecule has 1 atom stereocenters. The molecule has 1 heterocycles. The van der Waals surface area contributed by atoms with Crippen molar-refractivity contribution in [2.24, 2.45) is 0 Å². The average Bonchev–Trinajstić information content (AvgIpc) is 3.22. The van der Waals surface area contributed by atoms with Crippen LogP contribution in [-0.4, -0.2) is 55.7 Å². The summed E-state index contributed by atoms with van der Waals surface area (Å²) in [5, 5.41) is 11.5. The Kier molecular flexibility index (Phi) is 9.45. The fraction of sp³-hybridized carbons (Fsp3) is 0.312. The molecule has 0 aromatic heterocycles. The van der Waals surface area contributed by atoms with Crippen LogP contribution < -0.4 is 14.2 Å². The molecule has 3 aromatic carbocycles. The van der Waals surface area contributed by atoms with Crippen molar-refractivity contribution >= 4 is 17.4 Å². The van der Waals surface area contributed by atoms with Gasteiger partial charge in [0.1, 0.15) is 18.1 Å². The minimum atomic E-state index is -0.810. The highest BCUT2D eigenvalue weighted by Crippen LogP contribution is 2.42. The van der Waals surface area contributed by atoms with Crippen LogP contribution in [0.15, 0.2) is 72.3 Å². The summed E-state index contributed by atoms with van der Waals surface area (Å²) in [5.74, 6) is 0.000708. The molecular formula is C32H35NO7. The lowest BCUT2D eigenvalue weighted by Crippen LogP contribution is -2.31. The molecule has 1 N–H and O–H groups in total. The normalized spacial score (nSPS) is 16.3. The minimum Gasteiger partial charge on any atom is -0.507 e. The maximum Gasteiger partial charge on any atom is 0.295 e. The number of aliphatic hydroxyl groups is 1. The number of carbonyl (C=O) groups is 2. The van der Waals surface area contributed by atoms with Gasteiger partial charge in [-0.1, -0.05) is 36.4 Å². The number of hydrogen-bond acceptors (Lipinski definition) is 7. The number of ether oxygens (including phenoxy) is 4. The predicted molar refractivity (Wildman–Crippen MR) is 152 cm³/mol. The topological polar surface area (TPSA) is 94.5 Å². The van der Waals surface area contributed by atoms with Gasteiger partial charge in [-0.2, -0.15) is 0 Å². The standard InChI is InChI=1S/C32H35NO7/c1-5-39-26-15-12-23(19-27(26)38-4)29-28(31(35)32(36)33(29)16-9-17-37-3)30(34)25-14-13-24(18-21(25)2)40-20-22-10-7-6-8-11-22/h6-8,10-15,18-19,29,34H,5,9,16-17,20H2,1-4H3/b30-28+. The monoisotopic (exact) mass is 545 g/mol. The first-order valence-electron chi connectivity index (χ1n) is 13.2. The van der Waals surface area contributed by atoms with E-state index in [1.54, 1.807) is 37.4 Å². The van der Waals surface area contributed by atoms with Gasteiger partial charge in [-0.25, -0.2) is 0 Å². The van der Waals surface area contributed by atoms with E-state index >= 15 is 0 Å². The zero-order valence-electron chi connectivity index (χ0n) is 23.3. The van der Waals surface area contributed by atoms with Gasteiger partial charge in [-0.15, -0.1) is 0 Å². The quantitative estimate of drug-likeness (QED) is 0.140. The molecule has 1 saturated heterocycles. The number of benzene rings is 3. The van der Waals surface area contributed by atoms with Crippen molar-refractivity contribution in [2.45, 2.75) is 32.9 Å². The average molecular weight is 546 g/mol. The van der Waals surface area contributed by atoms with E-state index in [-0.39, 0.29) is 17.9 Å². The molecule has 0 radical (unpaired) electrons. The lowest BCUT2D eigenvalue weighted by molar-refractivity contribution is -0.140. The molecule has 4 rings (SSSR count). The van der Waals surface area contributed by atoms with Gasteiger partial charge in [0.25, 0.3) is 11.7 Å². The largest absolute Gasteiger partial charge is 0.507 e. The van der Waals surface area contributed by atoms with Crippen LogP contribution in [0, 0.1) is 6.92 Å². The molecule has 0 saturated carbocycles. The number of aryl methyl sites for hydroxylation is 1. The van der Waals surface area contributed by atoms with Crippen LogP contribution in [0.4, 0.5) is 0 Å². The van der Waals surface area contributed by atoms with E-state index in [2.05, 4.69) is 0 Å². The third kappa shape index (κ3) is 6.13. The van der Waals surface area contributed by atoms with Crippen molar-refractivity contribution < 1.29 is 33.6 Å². The molecule has 0 aliphatic carbocycles. The summed E-state index contributed by atoms with van der Waals surface area (Å²) in [6, 6.07) is 19.5. The van der Waals surface area contributed by atoms with Crippen LogP contribution in [0.2, 0.25) is 0 Å². The summed E-state index contributed by atoms with van der Waals surface area (Å²) in [4.78, 5) is 28.1. The van der Waals surface area contributed by atoms with E-state index < -0.39 is 17.7 Å². The Morgan fingerprint density at radius 3 is 2.40 bits per heavy atom. The molecule has 1 aliphatic heterocycles. The summed E-state index contributed by atoms with van der Waals surface area (Å²) >= 11 is 0. The van der Waals surface area contributed by atoms with Crippen molar-refractivity contribution in [3.63, 3.8) is 0 Å². The molecule has 1 unspecified atom stereocenters. The van der Waals surface area contributed by atoms with Crippen LogP contribution >= 0.6 is 0 Å². The van der Waals surface area contributed by atoms with E-state index in [4.69, 9.17) is 18.9 Å². The number of Topliss-reactive ketones (excluding diaryl/α,β-unsaturated/α-hetero) is 1. The SMILES string of the molecule is CCOc1ccc(C2/C(=C(\O)c3ccc(OCc4ccccc4)cc3C)C(=O)C(=O)N2CCCOC)cc1OC.